The number of ether oxygens (including phenoxy) is 1. The van der Waals surface area contributed by atoms with Gasteiger partial charge in [-0.2, -0.15) is 0 Å². The molecule has 0 unspecified atom stereocenters. The third-order valence-corrected chi connectivity index (χ3v) is 4.36. The van der Waals surface area contributed by atoms with Gasteiger partial charge in [-0.3, -0.25) is 4.90 Å². The summed E-state index contributed by atoms with van der Waals surface area (Å²) in [5, 5.41) is 0. The van der Waals surface area contributed by atoms with Crippen LogP contribution in [0.2, 0.25) is 0 Å². The number of hydrogen-bond donors (Lipinski definition) is 0. The predicted molar refractivity (Wildman–Crippen MR) is 91.4 cm³/mol. The Bertz CT molecular complexity index is 654. The van der Waals surface area contributed by atoms with Gasteiger partial charge in [0.15, 0.2) is 0 Å². The molecule has 0 bridgehead atoms. The molecule has 120 valence electrons. The topological polar surface area (TPSA) is 29.5 Å². The molecule has 0 aromatic heterocycles. The molecule has 3 heteroatoms. The number of carbonyl (C=O) groups excluding carboxylic acids is 1. The van der Waals surface area contributed by atoms with Crippen molar-refractivity contribution >= 4 is 6.09 Å². The normalized spacial score (nSPS) is 16.7. The number of carbonyl (C=O) groups is 1. The highest BCUT2D eigenvalue weighted by Crippen LogP contribution is 2.35. The summed E-state index contributed by atoms with van der Waals surface area (Å²) in [5.74, 6) is 0. The summed E-state index contributed by atoms with van der Waals surface area (Å²) in [6.45, 7) is 3.29. The Morgan fingerprint density at radius 2 is 1.87 bits per heavy atom. The molecule has 1 atom stereocenters. The smallest absolute Gasteiger partial charge is 0.410 e. The summed E-state index contributed by atoms with van der Waals surface area (Å²) in [5.41, 5.74) is 3.66. The van der Waals surface area contributed by atoms with E-state index < -0.39 is 0 Å². The van der Waals surface area contributed by atoms with E-state index in [4.69, 9.17) is 4.74 Å². The molecule has 1 heterocycles. The quantitative estimate of drug-likeness (QED) is 0.774. The molecule has 1 aliphatic heterocycles. The van der Waals surface area contributed by atoms with Crippen molar-refractivity contribution in [3.8, 4) is 0 Å². The lowest BCUT2D eigenvalue weighted by Gasteiger charge is -2.37. The van der Waals surface area contributed by atoms with Crippen molar-refractivity contribution in [1.29, 1.82) is 0 Å². The van der Waals surface area contributed by atoms with E-state index in [0.717, 1.165) is 24.8 Å². The van der Waals surface area contributed by atoms with Crippen LogP contribution in [0.15, 0.2) is 54.6 Å². The summed E-state index contributed by atoms with van der Waals surface area (Å²) >= 11 is 0. The molecule has 0 fully saturated rings. The lowest BCUT2D eigenvalue weighted by molar-refractivity contribution is 0.0883. The van der Waals surface area contributed by atoms with Gasteiger partial charge < -0.3 is 4.74 Å². The van der Waals surface area contributed by atoms with Crippen LogP contribution >= 0.6 is 0 Å². The molecule has 2 aromatic carbocycles. The van der Waals surface area contributed by atoms with Crippen LogP contribution in [0.3, 0.4) is 0 Å². The molecule has 0 radical (unpaired) electrons. The lowest BCUT2D eigenvalue weighted by atomic mass is 9.88. The third kappa shape index (κ3) is 3.39. The zero-order chi connectivity index (χ0) is 16.1. The minimum atomic E-state index is -0.207. The fourth-order valence-electron chi connectivity index (χ4n) is 3.14. The van der Waals surface area contributed by atoms with Gasteiger partial charge in [0.05, 0.1) is 12.6 Å². The fourth-order valence-corrected chi connectivity index (χ4v) is 3.14. The van der Waals surface area contributed by atoms with Crippen LogP contribution in [0.25, 0.3) is 0 Å². The first-order valence-electron chi connectivity index (χ1n) is 8.37. The summed E-state index contributed by atoms with van der Waals surface area (Å²) in [6, 6.07) is 18.5. The maximum atomic E-state index is 12.6. The average Bonchev–Trinajstić information content (AvgIpc) is 2.61. The van der Waals surface area contributed by atoms with Gasteiger partial charge in [0.1, 0.15) is 0 Å². The van der Waals surface area contributed by atoms with Gasteiger partial charge in [-0.15, -0.1) is 0 Å². The summed E-state index contributed by atoms with van der Waals surface area (Å²) in [7, 11) is 0. The van der Waals surface area contributed by atoms with E-state index in [0.29, 0.717) is 13.2 Å². The third-order valence-electron chi connectivity index (χ3n) is 4.36. The highest BCUT2D eigenvalue weighted by atomic mass is 16.6. The molecule has 3 nitrogen and oxygen atoms in total. The van der Waals surface area contributed by atoms with Crippen LogP contribution < -0.4 is 0 Å². The first-order chi connectivity index (χ1) is 11.3. The number of hydrogen-bond acceptors (Lipinski definition) is 2. The summed E-state index contributed by atoms with van der Waals surface area (Å²) in [4.78, 5) is 14.4. The molecular formula is C20H23NO2. The van der Waals surface area contributed by atoms with E-state index in [-0.39, 0.29) is 12.1 Å². The van der Waals surface area contributed by atoms with E-state index in [1.165, 1.54) is 11.1 Å². The molecule has 0 N–H and O–H groups in total. The van der Waals surface area contributed by atoms with E-state index in [1.807, 2.05) is 29.2 Å². The molecular weight excluding hydrogens is 286 g/mol. The number of rotatable bonds is 4. The van der Waals surface area contributed by atoms with E-state index in [1.54, 1.807) is 0 Å². The molecule has 2 aromatic rings. The molecule has 0 saturated carbocycles. The van der Waals surface area contributed by atoms with Crippen molar-refractivity contribution in [2.24, 2.45) is 0 Å². The van der Waals surface area contributed by atoms with Gasteiger partial charge in [0.2, 0.25) is 0 Å². The molecule has 1 aliphatic rings. The van der Waals surface area contributed by atoms with E-state index in [9.17, 15) is 4.79 Å². The van der Waals surface area contributed by atoms with E-state index in [2.05, 4.69) is 37.3 Å². The number of fused-ring (bicyclic) bond motifs is 1. The highest BCUT2D eigenvalue weighted by Gasteiger charge is 2.32. The second kappa shape index (κ2) is 7.32. The summed E-state index contributed by atoms with van der Waals surface area (Å²) < 4.78 is 5.48. The van der Waals surface area contributed by atoms with Crippen molar-refractivity contribution in [2.75, 3.05) is 13.2 Å². The Kier molecular flexibility index (Phi) is 4.96. The minimum absolute atomic E-state index is 0.0599. The van der Waals surface area contributed by atoms with Crippen LogP contribution in [0, 0.1) is 0 Å². The largest absolute Gasteiger partial charge is 0.449 e. The van der Waals surface area contributed by atoms with Crippen LogP contribution in [0.4, 0.5) is 4.79 Å². The Labute approximate surface area is 137 Å². The molecule has 0 saturated heterocycles. The Morgan fingerprint density at radius 3 is 2.65 bits per heavy atom. The van der Waals surface area contributed by atoms with Gasteiger partial charge in [-0.25, -0.2) is 4.79 Å². The molecule has 0 spiro atoms. The molecule has 23 heavy (non-hydrogen) atoms. The molecule has 0 aliphatic carbocycles. The Hall–Kier alpha value is -2.29. The van der Waals surface area contributed by atoms with Crippen LogP contribution in [-0.2, 0) is 11.2 Å². The summed E-state index contributed by atoms with van der Waals surface area (Å²) in [6.07, 6.45) is 2.61. The van der Waals surface area contributed by atoms with E-state index >= 15 is 0 Å². The van der Waals surface area contributed by atoms with Crippen molar-refractivity contribution in [3.05, 3.63) is 71.3 Å². The number of benzene rings is 2. The van der Waals surface area contributed by atoms with Gasteiger partial charge in [0, 0.05) is 6.54 Å². The highest BCUT2D eigenvalue weighted by molar-refractivity contribution is 5.70. The second-order valence-corrected chi connectivity index (χ2v) is 5.92. The molecule has 3 rings (SSSR count). The standard InChI is InChI=1S/C20H23NO2/c1-2-3-15-23-20(22)21-14-13-16-9-7-8-12-18(16)19(21)17-10-5-4-6-11-17/h4-12,19H,2-3,13-15H2,1H3/t19-/m0/s1. The SMILES string of the molecule is CCCCOC(=O)N1CCc2ccccc2[C@@H]1c1ccccc1. The lowest BCUT2D eigenvalue weighted by Crippen LogP contribution is -2.41. The minimum Gasteiger partial charge on any atom is -0.449 e. The Morgan fingerprint density at radius 1 is 1.13 bits per heavy atom. The maximum absolute atomic E-state index is 12.6. The van der Waals surface area contributed by atoms with Gasteiger partial charge in [-0.1, -0.05) is 67.9 Å². The van der Waals surface area contributed by atoms with Crippen molar-refractivity contribution < 1.29 is 9.53 Å². The van der Waals surface area contributed by atoms with Crippen molar-refractivity contribution in [3.63, 3.8) is 0 Å². The van der Waals surface area contributed by atoms with Gasteiger partial charge in [0.25, 0.3) is 0 Å². The van der Waals surface area contributed by atoms with Crippen molar-refractivity contribution in [1.82, 2.24) is 4.90 Å². The van der Waals surface area contributed by atoms with Gasteiger partial charge in [-0.05, 0) is 29.5 Å². The number of unbranched alkanes of at least 4 members (excludes halogenated alkanes) is 1. The number of amides is 1. The monoisotopic (exact) mass is 309 g/mol. The fraction of sp³-hybridized carbons (Fsp3) is 0.350. The second-order valence-electron chi connectivity index (χ2n) is 5.92. The number of nitrogens with zero attached hydrogens (tertiary/aromatic N) is 1. The zero-order valence-electron chi connectivity index (χ0n) is 13.6. The predicted octanol–water partition coefficient (Wildman–Crippen LogP) is 4.57. The van der Waals surface area contributed by atoms with Gasteiger partial charge >= 0.3 is 6.09 Å². The van der Waals surface area contributed by atoms with Crippen LogP contribution in [0.5, 0.6) is 0 Å². The first-order valence-corrected chi connectivity index (χ1v) is 8.37. The zero-order valence-corrected chi connectivity index (χ0v) is 13.6. The molecule has 1 amide bonds. The van der Waals surface area contributed by atoms with Crippen molar-refractivity contribution in [2.45, 2.75) is 32.2 Å². The average molecular weight is 309 g/mol. The Balaban J connectivity index is 1.91. The van der Waals surface area contributed by atoms with Crippen LogP contribution in [0.1, 0.15) is 42.5 Å². The maximum Gasteiger partial charge on any atom is 0.410 e. The first kappa shape index (κ1) is 15.6. The van der Waals surface area contributed by atoms with Crippen LogP contribution in [-0.4, -0.2) is 24.1 Å².